The zero-order valence-corrected chi connectivity index (χ0v) is 12.1. The van der Waals surface area contributed by atoms with Gasteiger partial charge in [0, 0.05) is 34.3 Å². The molecule has 5 nitrogen and oxygen atoms in total. The van der Waals surface area contributed by atoms with Crippen molar-refractivity contribution in [3.63, 3.8) is 0 Å². The highest BCUT2D eigenvalue weighted by atomic mass is 32.2. The molecule has 1 aromatic carbocycles. The first-order valence-electron chi connectivity index (χ1n) is 6.48. The molecule has 0 unspecified atom stereocenters. The monoisotopic (exact) mass is 295 g/mol. The van der Waals surface area contributed by atoms with E-state index in [4.69, 9.17) is 4.74 Å². The Morgan fingerprint density at radius 3 is 2.90 bits per heavy atom. The van der Waals surface area contributed by atoms with E-state index in [2.05, 4.69) is 0 Å². The Morgan fingerprint density at radius 1 is 1.50 bits per heavy atom. The molecule has 0 aliphatic carbocycles. The first-order chi connectivity index (χ1) is 9.63. The summed E-state index contributed by atoms with van der Waals surface area (Å²) in [6, 6.07) is 7.25. The van der Waals surface area contributed by atoms with Crippen LogP contribution >= 0.6 is 11.8 Å². The third-order valence-electron chi connectivity index (χ3n) is 3.57. The van der Waals surface area contributed by atoms with Crippen molar-refractivity contribution in [3.8, 4) is 5.75 Å². The van der Waals surface area contributed by atoms with Crippen molar-refractivity contribution in [3.05, 3.63) is 39.9 Å². The van der Waals surface area contributed by atoms with E-state index in [1.807, 2.05) is 18.2 Å². The van der Waals surface area contributed by atoms with Crippen LogP contribution in [0.1, 0.15) is 17.9 Å². The first kappa shape index (κ1) is 14.8. The Morgan fingerprint density at radius 2 is 2.25 bits per heavy atom. The number of rotatable bonds is 5. The third kappa shape index (κ3) is 3.30. The van der Waals surface area contributed by atoms with Gasteiger partial charge in [0.25, 0.3) is 0 Å². The number of Topliss-reactive ketones (excluding diaryl/α,β-unsaturated/α-hetero) is 1. The van der Waals surface area contributed by atoms with Crippen molar-refractivity contribution >= 4 is 17.5 Å². The minimum absolute atomic E-state index is 0.126. The summed E-state index contributed by atoms with van der Waals surface area (Å²) >= 11 is 1.69. The number of nitro groups is 1. The summed E-state index contributed by atoms with van der Waals surface area (Å²) in [5, 5.41) is 11.0. The summed E-state index contributed by atoms with van der Waals surface area (Å²) in [7, 11) is 1.54. The van der Waals surface area contributed by atoms with Crippen molar-refractivity contribution in [1.82, 2.24) is 0 Å². The van der Waals surface area contributed by atoms with Crippen LogP contribution in [0.3, 0.4) is 0 Å². The molecule has 0 N–H and O–H groups in total. The number of benzene rings is 1. The van der Waals surface area contributed by atoms with Crippen LogP contribution in [-0.4, -0.2) is 35.9 Å². The molecule has 6 heteroatoms. The number of thioether (sulfide) groups is 1. The van der Waals surface area contributed by atoms with E-state index in [-0.39, 0.29) is 23.2 Å². The van der Waals surface area contributed by atoms with Crippen LogP contribution in [0.25, 0.3) is 0 Å². The predicted octanol–water partition coefficient (Wildman–Crippen LogP) is 2.38. The molecule has 2 rings (SSSR count). The van der Waals surface area contributed by atoms with Crippen LogP contribution in [0.15, 0.2) is 24.3 Å². The molecule has 1 heterocycles. The lowest BCUT2D eigenvalue weighted by atomic mass is 9.83. The van der Waals surface area contributed by atoms with Gasteiger partial charge in [-0.15, -0.1) is 0 Å². The zero-order chi connectivity index (χ0) is 14.5. The second kappa shape index (κ2) is 6.74. The molecular weight excluding hydrogens is 278 g/mol. The van der Waals surface area contributed by atoms with Gasteiger partial charge in [0.15, 0.2) is 0 Å². The molecule has 1 saturated heterocycles. The number of ketones is 1. The third-order valence-corrected chi connectivity index (χ3v) is 4.66. The average Bonchev–Trinajstić information content (AvgIpc) is 2.45. The Kier molecular flexibility index (Phi) is 5.00. The van der Waals surface area contributed by atoms with Crippen LogP contribution in [-0.2, 0) is 4.79 Å². The van der Waals surface area contributed by atoms with Gasteiger partial charge in [0.05, 0.1) is 13.0 Å². The van der Waals surface area contributed by atoms with Crippen LogP contribution in [0.4, 0.5) is 0 Å². The molecule has 0 bridgehead atoms. The SMILES string of the molecule is COc1ccccc1[C@H](C[N+](=O)[O-])[C@@H]1CSCCC1=O. The molecule has 0 radical (unpaired) electrons. The molecule has 0 saturated carbocycles. The number of para-hydroxylation sites is 1. The minimum atomic E-state index is -0.415. The lowest BCUT2D eigenvalue weighted by molar-refractivity contribution is -0.484. The fourth-order valence-electron chi connectivity index (χ4n) is 2.58. The van der Waals surface area contributed by atoms with E-state index in [0.29, 0.717) is 17.9 Å². The van der Waals surface area contributed by atoms with E-state index in [1.165, 1.54) is 0 Å². The normalized spacial score (nSPS) is 20.4. The lowest BCUT2D eigenvalue weighted by Crippen LogP contribution is -2.32. The number of carbonyl (C=O) groups is 1. The van der Waals surface area contributed by atoms with E-state index in [9.17, 15) is 14.9 Å². The van der Waals surface area contributed by atoms with Crippen LogP contribution in [0.2, 0.25) is 0 Å². The molecule has 1 aliphatic rings. The summed E-state index contributed by atoms with van der Waals surface area (Å²) < 4.78 is 5.29. The largest absolute Gasteiger partial charge is 0.496 e. The molecular formula is C14H17NO4S. The van der Waals surface area contributed by atoms with Gasteiger partial charge in [-0.3, -0.25) is 14.9 Å². The summed E-state index contributed by atoms with van der Waals surface area (Å²) in [6.07, 6.45) is 0.499. The van der Waals surface area contributed by atoms with Crippen LogP contribution < -0.4 is 4.74 Å². The van der Waals surface area contributed by atoms with Gasteiger partial charge in [-0.05, 0) is 6.07 Å². The predicted molar refractivity (Wildman–Crippen MR) is 78.0 cm³/mol. The van der Waals surface area contributed by atoms with Crippen LogP contribution in [0.5, 0.6) is 5.75 Å². The molecule has 0 spiro atoms. The molecule has 1 aromatic rings. The van der Waals surface area contributed by atoms with Crippen molar-refractivity contribution < 1.29 is 14.5 Å². The Labute approximate surface area is 121 Å². The minimum Gasteiger partial charge on any atom is -0.496 e. The van der Waals surface area contributed by atoms with Crippen LogP contribution in [0, 0.1) is 16.0 Å². The summed E-state index contributed by atoms with van der Waals surface area (Å²) in [5.74, 6) is 1.49. The number of carbonyl (C=O) groups excluding carboxylic acids is 1. The zero-order valence-electron chi connectivity index (χ0n) is 11.3. The maximum Gasteiger partial charge on any atom is 0.211 e. The smallest absolute Gasteiger partial charge is 0.211 e. The Bertz CT molecular complexity index is 506. The first-order valence-corrected chi connectivity index (χ1v) is 7.64. The molecule has 2 atom stereocenters. The number of ether oxygens (including phenoxy) is 1. The van der Waals surface area contributed by atoms with E-state index < -0.39 is 5.92 Å². The van der Waals surface area contributed by atoms with Gasteiger partial charge in [-0.25, -0.2) is 0 Å². The standard InChI is InChI=1S/C14H17NO4S/c1-19-14-5-3-2-4-10(14)11(8-15(17)18)12-9-20-7-6-13(12)16/h2-5,11-12H,6-9H2,1H3/t11-,12-/m0/s1. The lowest BCUT2D eigenvalue weighted by Gasteiger charge is -2.27. The van der Waals surface area contributed by atoms with E-state index in [1.54, 1.807) is 24.9 Å². The number of nitrogens with zero attached hydrogens (tertiary/aromatic N) is 1. The van der Waals surface area contributed by atoms with Crippen molar-refractivity contribution in [2.24, 2.45) is 5.92 Å². The van der Waals surface area contributed by atoms with Crippen molar-refractivity contribution in [2.75, 3.05) is 25.2 Å². The number of methoxy groups -OCH3 is 1. The summed E-state index contributed by atoms with van der Waals surface area (Å²) in [4.78, 5) is 22.7. The Balaban J connectivity index is 2.35. The highest BCUT2D eigenvalue weighted by molar-refractivity contribution is 7.99. The van der Waals surface area contributed by atoms with E-state index >= 15 is 0 Å². The summed E-state index contributed by atoms with van der Waals surface area (Å²) in [6.45, 7) is -0.239. The fraction of sp³-hybridized carbons (Fsp3) is 0.500. The van der Waals surface area contributed by atoms with Crippen molar-refractivity contribution in [2.45, 2.75) is 12.3 Å². The maximum absolute atomic E-state index is 12.1. The molecule has 0 aromatic heterocycles. The van der Waals surface area contributed by atoms with Crippen molar-refractivity contribution in [1.29, 1.82) is 0 Å². The maximum atomic E-state index is 12.1. The molecule has 1 fully saturated rings. The van der Waals surface area contributed by atoms with Gasteiger partial charge < -0.3 is 4.74 Å². The topological polar surface area (TPSA) is 69.4 Å². The summed E-state index contributed by atoms with van der Waals surface area (Å²) in [5.41, 5.74) is 0.757. The molecule has 108 valence electrons. The number of hydrogen-bond acceptors (Lipinski definition) is 5. The fourth-order valence-corrected chi connectivity index (χ4v) is 3.76. The van der Waals surface area contributed by atoms with Gasteiger partial charge in [-0.2, -0.15) is 11.8 Å². The molecule has 20 heavy (non-hydrogen) atoms. The van der Waals surface area contributed by atoms with E-state index in [0.717, 1.165) is 11.3 Å². The number of hydrogen-bond donors (Lipinski definition) is 0. The Hall–Kier alpha value is -1.56. The van der Waals surface area contributed by atoms with Gasteiger partial charge >= 0.3 is 0 Å². The van der Waals surface area contributed by atoms with Gasteiger partial charge in [-0.1, -0.05) is 18.2 Å². The quantitative estimate of drug-likeness (QED) is 0.616. The molecule has 1 aliphatic heterocycles. The molecule has 0 amide bonds. The highest BCUT2D eigenvalue weighted by Crippen LogP contribution is 2.37. The average molecular weight is 295 g/mol. The van der Waals surface area contributed by atoms with Gasteiger partial charge in [0.1, 0.15) is 11.5 Å². The highest BCUT2D eigenvalue weighted by Gasteiger charge is 2.36. The second-order valence-electron chi connectivity index (χ2n) is 4.76. The van der Waals surface area contributed by atoms with Gasteiger partial charge in [0.2, 0.25) is 6.54 Å². The second-order valence-corrected chi connectivity index (χ2v) is 5.91.